The van der Waals surface area contributed by atoms with Gasteiger partial charge in [0.1, 0.15) is 11.9 Å². The number of aryl methyl sites for hydroxylation is 1. The summed E-state index contributed by atoms with van der Waals surface area (Å²) in [4.78, 5) is 30.6. The van der Waals surface area contributed by atoms with Gasteiger partial charge < -0.3 is 15.6 Å². The van der Waals surface area contributed by atoms with E-state index >= 15 is 0 Å². The summed E-state index contributed by atoms with van der Waals surface area (Å²) in [5.41, 5.74) is 1.59. The van der Waals surface area contributed by atoms with Crippen molar-refractivity contribution in [2.75, 3.05) is 6.54 Å². The normalized spacial score (nSPS) is 12.0. The highest BCUT2D eigenvalue weighted by molar-refractivity contribution is 5.87. The Morgan fingerprint density at radius 2 is 2.19 bits per heavy atom. The average Bonchev–Trinajstić information content (AvgIpc) is 3.27. The van der Waals surface area contributed by atoms with Crippen molar-refractivity contribution < 1.29 is 9.59 Å². The highest BCUT2D eigenvalue weighted by Crippen LogP contribution is 2.05. The van der Waals surface area contributed by atoms with Crippen LogP contribution in [-0.2, 0) is 22.4 Å². The third-order valence-corrected chi connectivity index (χ3v) is 3.93. The van der Waals surface area contributed by atoms with Crippen LogP contribution in [0.2, 0.25) is 0 Å². The average molecular weight is 355 g/mol. The predicted octanol–water partition coefficient (Wildman–Crippen LogP) is 0.249. The second-order valence-electron chi connectivity index (χ2n) is 5.97. The van der Waals surface area contributed by atoms with Gasteiger partial charge in [-0.2, -0.15) is 0 Å². The number of hydrogen-bond donors (Lipinski definition) is 3. The molecule has 0 fully saturated rings. The second kappa shape index (κ2) is 8.24. The number of aromatic nitrogens is 5. The lowest BCUT2D eigenvalue weighted by Gasteiger charge is -2.16. The molecule has 0 unspecified atom stereocenters. The van der Waals surface area contributed by atoms with Crippen LogP contribution in [0.5, 0.6) is 0 Å². The number of rotatable bonds is 8. The Bertz CT molecular complexity index is 872. The molecule has 0 aliphatic rings. The minimum absolute atomic E-state index is 0.221. The first-order chi connectivity index (χ1) is 12.6. The summed E-state index contributed by atoms with van der Waals surface area (Å²) in [6.45, 7) is 1.88. The fraction of sp³-hybridized carbons (Fsp3) is 0.353. The summed E-state index contributed by atoms with van der Waals surface area (Å²) < 4.78 is 1.93. The van der Waals surface area contributed by atoms with Gasteiger partial charge in [0, 0.05) is 44.4 Å². The SMILES string of the molecule is CC(=O)N[C@@H](Cc1cnc[nH]1)C(=O)NCCCc1nnc2ccccn12. The molecule has 9 heteroatoms. The molecule has 26 heavy (non-hydrogen) atoms. The number of H-pyrrole nitrogens is 1. The van der Waals surface area contributed by atoms with Gasteiger partial charge in [0.05, 0.1) is 6.33 Å². The lowest BCUT2D eigenvalue weighted by molar-refractivity contribution is -0.128. The van der Waals surface area contributed by atoms with Crippen LogP contribution in [-0.4, -0.2) is 49.0 Å². The number of aromatic amines is 1. The molecule has 3 N–H and O–H groups in total. The molecule has 0 spiro atoms. The maximum absolute atomic E-state index is 12.4. The molecule has 0 bridgehead atoms. The maximum atomic E-state index is 12.4. The van der Waals surface area contributed by atoms with E-state index < -0.39 is 6.04 Å². The van der Waals surface area contributed by atoms with E-state index in [0.29, 0.717) is 19.4 Å². The number of carbonyl (C=O) groups is 2. The lowest BCUT2D eigenvalue weighted by atomic mass is 10.1. The van der Waals surface area contributed by atoms with Gasteiger partial charge in [-0.15, -0.1) is 10.2 Å². The summed E-state index contributed by atoms with van der Waals surface area (Å²) in [6.07, 6.45) is 6.87. The fourth-order valence-corrected chi connectivity index (χ4v) is 2.71. The van der Waals surface area contributed by atoms with Crippen molar-refractivity contribution in [1.82, 2.24) is 35.2 Å². The highest BCUT2D eigenvalue weighted by Gasteiger charge is 2.20. The molecular weight excluding hydrogens is 334 g/mol. The first-order valence-corrected chi connectivity index (χ1v) is 8.44. The van der Waals surface area contributed by atoms with E-state index in [1.807, 2.05) is 28.8 Å². The van der Waals surface area contributed by atoms with Crippen LogP contribution in [0.15, 0.2) is 36.9 Å². The quantitative estimate of drug-likeness (QED) is 0.501. The van der Waals surface area contributed by atoms with Crippen molar-refractivity contribution in [3.8, 4) is 0 Å². The van der Waals surface area contributed by atoms with E-state index in [1.165, 1.54) is 6.92 Å². The molecule has 0 saturated carbocycles. The molecule has 9 nitrogen and oxygen atoms in total. The van der Waals surface area contributed by atoms with E-state index in [9.17, 15) is 9.59 Å². The number of carbonyl (C=O) groups excluding carboxylic acids is 2. The molecule has 0 saturated heterocycles. The van der Waals surface area contributed by atoms with E-state index in [0.717, 1.165) is 23.6 Å². The number of amides is 2. The van der Waals surface area contributed by atoms with Gasteiger partial charge in [-0.1, -0.05) is 6.07 Å². The van der Waals surface area contributed by atoms with E-state index in [4.69, 9.17) is 0 Å². The van der Waals surface area contributed by atoms with Crippen molar-refractivity contribution in [3.63, 3.8) is 0 Å². The standard InChI is InChI=1S/C17H21N7O2/c1-12(25)21-14(9-13-10-18-11-20-13)17(26)19-7-4-6-16-23-22-15-5-2-3-8-24(15)16/h2-3,5,8,10-11,14H,4,6-7,9H2,1H3,(H,18,20)(H,19,26)(H,21,25)/t14-/m0/s1. The summed E-state index contributed by atoms with van der Waals surface area (Å²) in [7, 11) is 0. The second-order valence-corrected chi connectivity index (χ2v) is 5.97. The van der Waals surface area contributed by atoms with E-state index in [2.05, 4.69) is 30.8 Å². The zero-order valence-corrected chi connectivity index (χ0v) is 14.5. The van der Waals surface area contributed by atoms with E-state index in [-0.39, 0.29) is 11.8 Å². The topological polar surface area (TPSA) is 117 Å². The molecule has 0 aromatic carbocycles. The summed E-state index contributed by atoms with van der Waals surface area (Å²) in [5.74, 6) is 0.381. The molecule has 0 aliphatic heterocycles. The summed E-state index contributed by atoms with van der Waals surface area (Å²) >= 11 is 0. The smallest absolute Gasteiger partial charge is 0.242 e. The van der Waals surface area contributed by atoms with Gasteiger partial charge in [0.25, 0.3) is 0 Å². The molecule has 2 amide bonds. The Kier molecular flexibility index (Phi) is 5.57. The van der Waals surface area contributed by atoms with Gasteiger partial charge in [-0.3, -0.25) is 14.0 Å². The van der Waals surface area contributed by atoms with Gasteiger partial charge in [0.15, 0.2) is 5.65 Å². The minimum atomic E-state index is -0.637. The summed E-state index contributed by atoms with van der Waals surface area (Å²) in [5, 5.41) is 13.8. The Morgan fingerprint density at radius 3 is 2.96 bits per heavy atom. The van der Waals surface area contributed by atoms with Gasteiger partial charge in [-0.25, -0.2) is 4.98 Å². The number of fused-ring (bicyclic) bond motifs is 1. The van der Waals surface area contributed by atoms with Crippen LogP contribution in [0.4, 0.5) is 0 Å². The molecular formula is C17H21N7O2. The van der Waals surface area contributed by atoms with Crippen LogP contribution in [0.1, 0.15) is 24.9 Å². The molecule has 3 aromatic rings. The number of imidazole rings is 1. The zero-order chi connectivity index (χ0) is 18.4. The largest absolute Gasteiger partial charge is 0.354 e. The van der Waals surface area contributed by atoms with Crippen molar-refractivity contribution in [2.24, 2.45) is 0 Å². The monoisotopic (exact) mass is 355 g/mol. The molecule has 136 valence electrons. The van der Waals surface area contributed by atoms with Crippen molar-refractivity contribution >= 4 is 17.5 Å². The van der Waals surface area contributed by atoms with E-state index in [1.54, 1.807) is 12.5 Å². The van der Waals surface area contributed by atoms with Gasteiger partial charge in [-0.05, 0) is 18.6 Å². The maximum Gasteiger partial charge on any atom is 0.242 e. The minimum Gasteiger partial charge on any atom is -0.354 e. The number of hydrogen-bond acceptors (Lipinski definition) is 5. The Balaban J connectivity index is 1.50. The zero-order valence-electron chi connectivity index (χ0n) is 14.5. The molecule has 3 rings (SSSR count). The van der Waals surface area contributed by atoms with Crippen molar-refractivity contribution in [2.45, 2.75) is 32.2 Å². The van der Waals surface area contributed by atoms with Gasteiger partial charge >= 0.3 is 0 Å². The number of pyridine rings is 1. The van der Waals surface area contributed by atoms with Crippen LogP contribution >= 0.6 is 0 Å². The Morgan fingerprint density at radius 1 is 1.31 bits per heavy atom. The Hall–Kier alpha value is -3.23. The first kappa shape index (κ1) is 17.6. The molecule has 0 radical (unpaired) electrons. The first-order valence-electron chi connectivity index (χ1n) is 8.44. The molecule has 3 aromatic heterocycles. The fourth-order valence-electron chi connectivity index (χ4n) is 2.71. The van der Waals surface area contributed by atoms with Crippen molar-refractivity contribution in [1.29, 1.82) is 0 Å². The third kappa shape index (κ3) is 4.44. The third-order valence-electron chi connectivity index (χ3n) is 3.93. The predicted molar refractivity (Wildman–Crippen MR) is 94.2 cm³/mol. The number of nitrogens with zero attached hydrogens (tertiary/aromatic N) is 4. The summed E-state index contributed by atoms with van der Waals surface area (Å²) in [6, 6.07) is 5.10. The van der Waals surface area contributed by atoms with Gasteiger partial charge in [0.2, 0.25) is 11.8 Å². The van der Waals surface area contributed by atoms with Crippen LogP contribution in [0.3, 0.4) is 0 Å². The Labute approximate surface area is 150 Å². The molecule has 0 aliphatic carbocycles. The van der Waals surface area contributed by atoms with Crippen LogP contribution < -0.4 is 10.6 Å². The lowest BCUT2D eigenvalue weighted by Crippen LogP contribution is -2.47. The molecule has 3 heterocycles. The van der Waals surface area contributed by atoms with Crippen molar-refractivity contribution in [3.05, 3.63) is 48.4 Å². The highest BCUT2D eigenvalue weighted by atomic mass is 16.2. The van der Waals surface area contributed by atoms with Crippen LogP contribution in [0.25, 0.3) is 5.65 Å². The molecule has 1 atom stereocenters. The number of nitrogens with one attached hydrogen (secondary N) is 3. The van der Waals surface area contributed by atoms with Crippen LogP contribution in [0, 0.1) is 0 Å².